The predicted octanol–water partition coefficient (Wildman–Crippen LogP) is 2.56. The Kier molecular flexibility index (Phi) is 10.6. The van der Waals surface area contributed by atoms with Gasteiger partial charge in [-0.2, -0.15) is 0 Å². The molecule has 1 atom stereocenters. The largest absolute Gasteiger partial charge is 0.464 e. The number of carbonyl (C=O) groups excluding carboxylic acids is 1. The van der Waals surface area contributed by atoms with Crippen LogP contribution < -0.4 is 0 Å². The van der Waals surface area contributed by atoms with Crippen molar-refractivity contribution in [1.29, 1.82) is 0 Å². The maximum atomic E-state index is 11.6. The highest BCUT2D eigenvalue weighted by atomic mass is 33.1. The van der Waals surface area contributed by atoms with Crippen LogP contribution in [0.3, 0.4) is 0 Å². The average Bonchev–Trinajstić information content (AvgIpc) is 2.96. The molecule has 4 nitrogen and oxygen atoms in total. The molecule has 1 rings (SSSR count). The Morgan fingerprint density at radius 3 is 2.90 bits per heavy atom. The zero-order valence-electron chi connectivity index (χ0n) is 12.4. The van der Waals surface area contributed by atoms with Gasteiger partial charge in [-0.25, -0.2) is 0 Å². The van der Waals surface area contributed by atoms with E-state index in [4.69, 9.17) is 9.84 Å². The second-order valence-corrected chi connectivity index (χ2v) is 7.74. The summed E-state index contributed by atoms with van der Waals surface area (Å²) < 4.78 is 5.22. The summed E-state index contributed by atoms with van der Waals surface area (Å²) in [4.78, 5) is 13.6. The minimum atomic E-state index is -0.0847. The first-order valence-electron chi connectivity index (χ1n) is 7.53. The van der Waals surface area contributed by atoms with Gasteiger partial charge in [-0.1, -0.05) is 34.9 Å². The number of nitrogens with zero attached hydrogens (tertiary/aromatic N) is 1. The van der Waals surface area contributed by atoms with Crippen molar-refractivity contribution in [2.45, 2.75) is 44.3 Å². The molecular formula is C14H27NO3S2. The molecule has 0 unspecified atom stereocenters. The second kappa shape index (κ2) is 11.7. The number of ether oxygens (including phenoxy) is 1. The lowest BCUT2D eigenvalue weighted by molar-refractivity contribution is -0.144. The number of hydrogen-bond acceptors (Lipinski definition) is 6. The second-order valence-electron chi connectivity index (χ2n) is 4.95. The van der Waals surface area contributed by atoms with Gasteiger partial charge < -0.3 is 9.84 Å². The lowest BCUT2D eigenvalue weighted by Crippen LogP contribution is -2.30. The van der Waals surface area contributed by atoms with E-state index in [9.17, 15) is 4.79 Å². The van der Waals surface area contributed by atoms with Gasteiger partial charge >= 0.3 is 5.97 Å². The molecule has 6 heteroatoms. The van der Waals surface area contributed by atoms with Crippen molar-refractivity contribution < 1.29 is 14.6 Å². The Hall–Kier alpha value is 0.0900. The van der Waals surface area contributed by atoms with Gasteiger partial charge in [0.05, 0.1) is 6.61 Å². The summed E-state index contributed by atoms with van der Waals surface area (Å²) in [6.45, 7) is 4.84. The van der Waals surface area contributed by atoms with Gasteiger partial charge in [-0.3, -0.25) is 9.69 Å². The summed E-state index contributed by atoms with van der Waals surface area (Å²) in [5.74, 6) is 1.19. The number of rotatable bonds is 11. The molecule has 0 aromatic rings. The van der Waals surface area contributed by atoms with Gasteiger partial charge in [0, 0.05) is 30.5 Å². The average molecular weight is 322 g/mol. The number of unbranched alkanes of at least 4 members (excludes halogenated alkanes) is 1. The molecule has 1 fully saturated rings. The molecule has 1 heterocycles. The van der Waals surface area contributed by atoms with Gasteiger partial charge in [0.25, 0.3) is 0 Å². The van der Waals surface area contributed by atoms with Crippen LogP contribution in [0.15, 0.2) is 0 Å². The third-order valence-electron chi connectivity index (χ3n) is 3.42. The summed E-state index contributed by atoms with van der Waals surface area (Å²) in [6.07, 6.45) is 5.15. The molecule has 0 aromatic heterocycles. The zero-order chi connectivity index (χ0) is 14.6. The molecule has 0 bridgehead atoms. The van der Waals surface area contributed by atoms with E-state index in [1.54, 1.807) is 0 Å². The minimum absolute atomic E-state index is 0.0847. The molecule has 1 N–H and O–H groups in total. The number of esters is 1. The molecule has 1 saturated heterocycles. The molecule has 0 aromatic carbocycles. The molecule has 0 saturated carbocycles. The van der Waals surface area contributed by atoms with E-state index in [1.165, 1.54) is 18.6 Å². The summed E-state index contributed by atoms with van der Waals surface area (Å²) in [6, 6.07) is 0. The van der Waals surface area contributed by atoms with Crippen LogP contribution in [0.1, 0.15) is 39.0 Å². The summed E-state index contributed by atoms with van der Waals surface area (Å²) in [7, 11) is 3.97. The lowest BCUT2D eigenvalue weighted by Gasteiger charge is -2.18. The number of aliphatic hydroxyl groups excluding tert-OH is 1. The van der Waals surface area contributed by atoms with E-state index in [0.717, 1.165) is 24.6 Å². The Labute approximate surface area is 130 Å². The fourth-order valence-electron chi connectivity index (χ4n) is 2.14. The van der Waals surface area contributed by atoms with E-state index < -0.39 is 0 Å². The molecule has 20 heavy (non-hydrogen) atoms. The molecule has 0 aliphatic carbocycles. The van der Waals surface area contributed by atoms with Crippen molar-refractivity contribution in [3.8, 4) is 0 Å². The van der Waals surface area contributed by atoms with Crippen LogP contribution in [0.5, 0.6) is 0 Å². The third kappa shape index (κ3) is 8.39. The highest BCUT2D eigenvalue weighted by Crippen LogP contribution is 2.39. The first-order valence-corrected chi connectivity index (χ1v) is 9.91. The van der Waals surface area contributed by atoms with Crippen molar-refractivity contribution in [1.82, 2.24) is 4.90 Å². The molecule has 1 aliphatic rings. The normalized spacial score (nSPS) is 18.6. The minimum Gasteiger partial charge on any atom is -0.464 e. The molecule has 1 aliphatic heterocycles. The van der Waals surface area contributed by atoms with Crippen molar-refractivity contribution in [2.75, 3.05) is 38.6 Å². The monoisotopic (exact) mass is 321 g/mol. The lowest BCUT2D eigenvalue weighted by atomic mass is 10.1. The fourth-order valence-corrected chi connectivity index (χ4v) is 5.16. The van der Waals surface area contributed by atoms with Crippen LogP contribution in [0.2, 0.25) is 0 Å². The van der Waals surface area contributed by atoms with Crippen LogP contribution in [0.4, 0.5) is 0 Å². The van der Waals surface area contributed by atoms with Crippen LogP contribution in [0.25, 0.3) is 0 Å². The van der Waals surface area contributed by atoms with E-state index in [1.807, 2.05) is 28.5 Å². The highest BCUT2D eigenvalue weighted by molar-refractivity contribution is 8.77. The van der Waals surface area contributed by atoms with Crippen molar-refractivity contribution in [3.05, 3.63) is 0 Å². The number of carbonyl (C=O) groups is 1. The van der Waals surface area contributed by atoms with E-state index >= 15 is 0 Å². The Morgan fingerprint density at radius 2 is 2.25 bits per heavy atom. The Balaban J connectivity index is 1.94. The molecule has 118 valence electrons. The van der Waals surface area contributed by atoms with Crippen molar-refractivity contribution in [2.24, 2.45) is 0 Å². The van der Waals surface area contributed by atoms with Gasteiger partial charge in [0.1, 0.15) is 6.61 Å². The first-order chi connectivity index (χ1) is 9.76. The Morgan fingerprint density at radius 1 is 1.40 bits per heavy atom. The Bertz CT molecular complexity index is 261. The van der Waals surface area contributed by atoms with Gasteiger partial charge in [-0.15, -0.1) is 0 Å². The number of likely N-dealkylation sites (N-methyl/N-ethyl adjacent to an activating group) is 1. The standard InChI is InChI=1S/C14H27NO3S2/c1-2-15(8-10-16)9-11-18-14(17)6-4-3-5-13-7-12-19-20-13/h13,16H,2-12H2,1H3/t13-/m1/s1. The van der Waals surface area contributed by atoms with Crippen LogP contribution >= 0.6 is 21.6 Å². The summed E-state index contributed by atoms with van der Waals surface area (Å²) >= 11 is 0. The fraction of sp³-hybridized carbons (Fsp3) is 0.929. The molecule has 0 amide bonds. The number of aliphatic hydroxyl groups is 1. The summed E-state index contributed by atoms with van der Waals surface area (Å²) in [5, 5.41) is 9.66. The zero-order valence-corrected chi connectivity index (χ0v) is 14.0. The van der Waals surface area contributed by atoms with Crippen LogP contribution in [-0.2, 0) is 9.53 Å². The quantitative estimate of drug-likeness (QED) is 0.358. The predicted molar refractivity (Wildman–Crippen MR) is 87.1 cm³/mol. The van der Waals surface area contributed by atoms with Gasteiger partial charge in [0.2, 0.25) is 0 Å². The maximum absolute atomic E-state index is 11.6. The van der Waals surface area contributed by atoms with Crippen LogP contribution in [0, 0.1) is 0 Å². The van der Waals surface area contributed by atoms with E-state index in [2.05, 4.69) is 4.90 Å². The number of hydrogen-bond donors (Lipinski definition) is 1. The van der Waals surface area contributed by atoms with Crippen molar-refractivity contribution >= 4 is 27.6 Å². The first kappa shape index (κ1) is 18.1. The topological polar surface area (TPSA) is 49.8 Å². The van der Waals surface area contributed by atoms with Crippen molar-refractivity contribution in [3.63, 3.8) is 0 Å². The molecule has 0 spiro atoms. The third-order valence-corrected chi connectivity index (χ3v) is 6.43. The highest BCUT2D eigenvalue weighted by Gasteiger charge is 2.15. The molecule has 0 radical (unpaired) electrons. The van der Waals surface area contributed by atoms with Gasteiger partial charge in [-0.05, 0) is 25.8 Å². The van der Waals surface area contributed by atoms with Gasteiger partial charge in [0.15, 0.2) is 0 Å². The molecular weight excluding hydrogens is 294 g/mol. The smallest absolute Gasteiger partial charge is 0.305 e. The SMILES string of the molecule is CCN(CCO)CCOC(=O)CCCC[C@@H]1CCSS1. The van der Waals surface area contributed by atoms with E-state index in [0.29, 0.717) is 26.1 Å². The summed E-state index contributed by atoms with van der Waals surface area (Å²) in [5.41, 5.74) is 0. The van der Waals surface area contributed by atoms with Crippen LogP contribution in [-0.4, -0.2) is 59.8 Å². The van der Waals surface area contributed by atoms with E-state index in [-0.39, 0.29) is 12.6 Å². The maximum Gasteiger partial charge on any atom is 0.305 e.